The summed E-state index contributed by atoms with van der Waals surface area (Å²) in [5, 5.41) is 0. The van der Waals surface area contributed by atoms with Gasteiger partial charge in [0.05, 0.1) is 6.26 Å². The lowest BCUT2D eigenvalue weighted by Crippen LogP contribution is -2.04. The van der Waals surface area contributed by atoms with Gasteiger partial charge in [-0.2, -0.15) is 0 Å². The van der Waals surface area contributed by atoms with Crippen LogP contribution in [0, 0.1) is 3.57 Å². The van der Waals surface area contributed by atoms with Crippen LogP contribution in [0.25, 0.3) is 6.08 Å². The predicted octanol–water partition coefficient (Wildman–Crippen LogP) is 4.81. The number of rotatable bonds is 5. The fourth-order valence-electron chi connectivity index (χ4n) is 2.51. The normalized spacial score (nSPS) is 14.9. The molecular weight excluding hydrogens is 457 g/mol. The third-order valence-corrected chi connectivity index (χ3v) is 4.55. The molecule has 0 amide bonds. The van der Waals surface area contributed by atoms with Crippen LogP contribution in [0.15, 0.2) is 82.0 Å². The second-order valence-electron chi connectivity index (χ2n) is 5.80. The summed E-state index contributed by atoms with van der Waals surface area (Å²) in [5.74, 6) is 0.792. The molecule has 5 nitrogen and oxygen atoms in total. The summed E-state index contributed by atoms with van der Waals surface area (Å²) in [6.45, 7) is 0.472. The number of carbonyl (C=O) groups is 1. The fraction of sp³-hybridized carbons (Fsp3) is 0.0476. The van der Waals surface area contributed by atoms with Gasteiger partial charge in [-0.15, -0.1) is 0 Å². The van der Waals surface area contributed by atoms with E-state index in [1.807, 2.05) is 48.5 Å². The number of furan rings is 1. The Morgan fingerprint density at radius 3 is 2.70 bits per heavy atom. The summed E-state index contributed by atoms with van der Waals surface area (Å²) in [6.07, 6.45) is 3.16. The summed E-state index contributed by atoms with van der Waals surface area (Å²) >= 11 is 2.27. The number of benzene rings is 2. The first-order chi connectivity index (χ1) is 13.2. The number of ether oxygens (including phenoxy) is 2. The molecule has 2 heterocycles. The van der Waals surface area contributed by atoms with E-state index in [0.29, 0.717) is 18.1 Å². The van der Waals surface area contributed by atoms with Gasteiger partial charge in [0, 0.05) is 3.57 Å². The van der Waals surface area contributed by atoms with Gasteiger partial charge in [-0.25, -0.2) is 9.79 Å². The minimum atomic E-state index is -0.508. The summed E-state index contributed by atoms with van der Waals surface area (Å²) in [4.78, 5) is 16.2. The van der Waals surface area contributed by atoms with Crippen molar-refractivity contribution in [3.8, 4) is 5.75 Å². The standard InChI is InChI=1S/C21H14INO4/c22-16-8-6-14(7-9-16)13-26-17-4-1-3-15(11-17)12-18-21(24)27-20(23-18)19-5-2-10-25-19/h1-12H,13H2/b18-12-. The molecule has 0 atom stereocenters. The number of cyclic esters (lactones) is 1. The molecule has 3 aromatic rings. The van der Waals surface area contributed by atoms with Crippen molar-refractivity contribution >= 4 is 40.5 Å². The number of esters is 1. The van der Waals surface area contributed by atoms with Crippen molar-refractivity contribution in [1.82, 2.24) is 0 Å². The van der Waals surface area contributed by atoms with Crippen LogP contribution in [0.5, 0.6) is 5.75 Å². The van der Waals surface area contributed by atoms with Crippen molar-refractivity contribution in [3.05, 3.63) is 93.1 Å². The summed E-state index contributed by atoms with van der Waals surface area (Å²) in [7, 11) is 0. The molecule has 2 aromatic carbocycles. The second kappa shape index (κ2) is 7.79. The molecule has 0 saturated carbocycles. The van der Waals surface area contributed by atoms with Gasteiger partial charge in [0.15, 0.2) is 11.5 Å². The second-order valence-corrected chi connectivity index (χ2v) is 7.05. The number of aliphatic imine (C=N–C) groups is 1. The molecule has 0 N–H and O–H groups in total. The Balaban J connectivity index is 1.49. The highest BCUT2D eigenvalue weighted by molar-refractivity contribution is 14.1. The van der Waals surface area contributed by atoms with Gasteiger partial charge < -0.3 is 13.9 Å². The van der Waals surface area contributed by atoms with Crippen LogP contribution in [-0.2, 0) is 16.1 Å². The lowest BCUT2D eigenvalue weighted by atomic mass is 10.2. The van der Waals surface area contributed by atoms with E-state index in [1.54, 1.807) is 18.2 Å². The maximum absolute atomic E-state index is 12.0. The molecule has 27 heavy (non-hydrogen) atoms. The Hall–Kier alpha value is -2.87. The Bertz CT molecular complexity index is 1020. The van der Waals surface area contributed by atoms with Gasteiger partial charge in [0.1, 0.15) is 12.4 Å². The molecule has 0 unspecified atom stereocenters. The smallest absolute Gasteiger partial charge is 0.363 e. The van der Waals surface area contributed by atoms with Crippen LogP contribution in [0.1, 0.15) is 16.9 Å². The van der Waals surface area contributed by atoms with Gasteiger partial charge in [-0.05, 0) is 76.2 Å². The monoisotopic (exact) mass is 471 g/mol. The van der Waals surface area contributed by atoms with Crippen LogP contribution in [0.4, 0.5) is 0 Å². The van der Waals surface area contributed by atoms with Crippen LogP contribution < -0.4 is 4.74 Å². The van der Waals surface area contributed by atoms with Gasteiger partial charge in [-0.3, -0.25) is 0 Å². The molecule has 1 aliphatic rings. The van der Waals surface area contributed by atoms with Crippen LogP contribution in [0.2, 0.25) is 0 Å². The lowest BCUT2D eigenvalue weighted by Gasteiger charge is -2.07. The van der Waals surface area contributed by atoms with Gasteiger partial charge in [0.25, 0.3) is 5.90 Å². The van der Waals surface area contributed by atoms with Crippen molar-refractivity contribution in [2.24, 2.45) is 4.99 Å². The van der Waals surface area contributed by atoms with E-state index < -0.39 is 5.97 Å². The largest absolute Gasteiger partial charge is 0.489 e. The molecule has 134 valence electrons. The Morgan fingerprint density at radius 1 is 1.07 bits per heavy atom. The summed E-state index contributed by atoms with van der Waals surface area (Å²) < 4.78 is 17.4. The maximum atomic E-state index is 12.0. The average Bonchev–Trinajstić information content (AvgIpc) is 3.32. The van der Waals surface area contributed by atoms with E-state index in [0.717, 1.165) is 11.1 Å². The number of halogens is 1. The van der Waals surface area contributed by atoms with Crippen molar-refractivity contribution in [1.29, 1.82) is 0 Å². The van der Waals surface area contributed by atoms with E-state index in [-0.39, 0.29) is 11.6 Å². The van der Waals surface area contributed by atoms with Crippen molar-refractivity contribution in [2.75, 3.05) is 0 Å². The van der Waals surface area contributed by atoms with Crippen molar-refractivity contribution in [2.45, 2.75) is 6.61 Å². The first-order valence-electron chi connectivity index (χ1n) is 8.21. The van der Waals surface area contributed by atoms with Crippen LogP contribution >= 0.6 is 22.6 Å². The van der Waals surface area contributed by atoms with Crippen LogP contribution in [0.3, 0.4) is 0 Å². The van der Waals surface area contributed by atoms with Crippen molar-refractivity contribution < 1.29 is 18.7 Å². The number of carbonyl (C=O) groups excluding carboxylic acids is 1. The molecule has 0 fully saturated rings. The molecule has 0 bridgehead atoms. The zero-order valence-corrected chi connectivity index (χ0v) is 16.3. The zero-order chi connectivity index (χ0) is 18.6. The quantitative estimate of drug-likeness (QED) is 0.305. The maximum Gasteiger partial charge on any atom is 0.363 e. The number of hydrogen-bond donors (Lipinski definition) is 0. The average molecular weight is 471 g/mol. The highest BCUT2D eigenvalue weighted by atomic mass is 127. The molecule has 0 radical (unpaired) electrons. The molecule has 1 aliphatic heterocycles. The number of nitrogens with zero attached hydrogens (tertiary/aromatic N) is 1. The third-order valence-electron chi connectivity index (χ3n) is 3.83. The van der Waals surface area contributed by atoms with E-state index >= 15 is 0 Å². The predicted molar refractivity (Wildman–Crippen MR) is 109 cm³/mol. The SMILES string of the molecule is O=C1OC(c2ccco2)=N/C1=C\c1cccc(OCc2ccc(I)cc2)c1. The zero-order valence-electron chi connectivity index (χ0n) is 14.1. The Labute approximate surface area is 169 Å². The van der Waals surface area contributed by atoms with E-state index in [9.17, 15) is 4.79 Å². The molecular formula is C21H14INO4. The summed E-state index contributed by atoms with van der Waals surface area (Å²) in [5.41, 5.74) is 2.11. The molecule has 0 aliphatic carbocycles. The Kier molecular flexibility index (Phi) is 5.06. The highest BCUT2D eigenvalue weighted by Gasteiger charge is 2.25. The number of hydrogen-bond acceptors (Lipinski definition) is 5. The van der Waals surface area contributed by atoms with Gasteiger partial charge in [-0.1, -0.05) is 24.3 Å². The molecule has 6 heteroatoms. The van der Waals surface area contributed by atoms with Crippen molar-refractivity contribution in [3.63, 3.8) is 0 Å². The minimum Gasteiger partial charge on any atom is -0.489 e. The third kappa shape index (κ3) is 4.28. The van der Waals surface area contributed by atoms with Gasteiger partial charge in [0.2, 0.25) is 0 Å². The first-order valence-corrected chi connectivity index (χ1v) is 9.29. The Morgan fingerprint density at radius 2 is 1.93 bits per heavy atom. The van der Waals surface area contributed by atoms with Gasteiger partial charge >= 0.3 is 5.97 Å². The minimum absolute atomic E-state index is 0.169. The summed E-state index contributed by atoms with van der Waals surface area (Å²) in [6, 6.07) is 19.0. The van der Waals surface area contributed by atoms with Crippen LogP contribution in [-0.4, -0.2) is 11.9 Å². The molecule has 0 saturated heterocycles. The van der Waals surface area contributed by atoms with E-state index in [2.05, 4.69) is 27.6 Å². The van der Waals surface area contributed by atoms with E-state index in [1.165, 1.54) is 9.83 Å². The highest BCUT2D eigenvalue weighted by Crippen LogP contribution is 2.22. The van der Waals surface area contributed by atoms with E-state index in [4.69, 9.17) is 13.9 Å². The molecule has 0 spiro atoms. The fourth-order valence-corrected chi connectivity index (χ4v) is 2.87. The topological polar surface area (TPSA) is 61.0 Å². The molecule has 1 aromatic heterocycles. The first kappa shape index (κ1) is 17.5. The molecule has 4 rings (SSSR count). The lowest BCUT2D eigenvalue weighted by molar-refractivity contribution is -0.130.